The summed E-state index contributed by atoms with van der Waals surface area (Å²) in [7, 11) is 0. The minimum absolute atomic E-state index is 0.0934. The van der Waals surface area contributed by atoms with Crippen molar-refractivity contribution in [3.05, 3.63) is 48.0 Å². The first-order chi connectivity index (χ1) is 12.0. The molecule has 0 bridgehead atoms. The predicted molar refractivity (Wildman–Crippen MR) is 94.9 cm³/mol. The summed E-state index contributed by atoms with van der Waals surface area (Å²) in [4.78, 5) is 10.5. The summed E-state index contributed by atoms with van der Waals surface area (Å²) >= 11 is 0. The van der Waals surface area contributed by atoms with Crippen molar-refractivity contribution in [2.75, 3.05) is 0 Å². The molecule has 5 heteroatoms. The number of aliphatic hydroxyl groups excluding tert-OH is 3. The molecule has 2 unspecified atom stereocenters. The molecule has 5 nitrogen and oxygen atoms in total. The van der Waals surface area contributed by atoms with Gasteiger partial charge in [0.2, 0.25) is 0 Å². The number of carboxylic acid groups (broad SMARTS) is 1. The highest BCUT2D eigenvalue weighted by atomic mass is 16.4. The van der Waals surface area contributed by atoms with E-state index in [-0.39, 0.29) is 18.3 Å². The molecule has 2 rings (SSSR count). The fourth-order valence-corrected chi connectivity index (χ4v) is 3.64. The maximum absolute atomic E-state index is 10.5. The molecule has 4 N–H and O–H groups in total. The van der Waals surface area contributed by atoms with Crippen LogP contribution in [0.2, 0.25) is 0 Å². The topological polar surface area (TPSA) is 98.0 Å². The Hall–Kier alpha value is -1.69. The molecule has 1 aromatic rings. The highest BCUT2D eigenvalue weighted by molar-refractivity contribution is 5.66. The zero-order chi connectivity index (χ0) is 18.2. The van der Waals surface area contributed by atoms with Gasteiger partial charge in [-0.3, -0.25) is 4.79 Å². The lowest BCUT2D eigenvalue weighted by Gasteiger charge is -2.25. The summed E-state index contributed by atoms with van der Waals surface area (Å²) in [6, 6.07) is 9.35. The smallest absolute Gasteiger partial charge is 0.303 e. The second-order valence-electron chi connectivity index (χ2n) is 6.85. The number of hydrogen-bond donors (Lipinski definition) is 4. The second-order valence-corrected chi connectivity index (χ2v) is 6.85. The zero-order valence-corrected chi connectivity index (χ0v) is 14.4. The van der Waals surface area contributed by atoms with Crippen molar-refractivity contribution in [1.29, 1.82) is 0 Å². The van der Waals surface area contributed by atoms with Crippen LogP contribution >= 0.6 is 0 Å². The van der Waals surface area contributed by atoms with Crippen LogP contribution in [0.15, 0.2) is 42.5 Å². The maximum Gasteiger partial charge on any atom is 0.303 e. The first-order valence-electron chi connectivity index (χ1n) is 8.95. The third-order valence-corrected chi connectivity index (χ3v) is 5.04. The van der Waals surface area contributed by atoms with Crippen molar-refractivity contribution in [2.45, 2.75) is 56.8 Å². The Kier molecular flexibility index (Phi) is 7.62. The molecule has 1 saturated carbocycles. The van der Waals surface area contributed by atoms with Gasteiger partial charge in [0.25, 0.3) is 0 Å². The van der Waals surface area contributed by atoms with Gasteiger partial charge in [0.15, 0.2) is 0 Å². The molecule has 0 amide bonds. The number of unbranched alkanes of at least 4 members (excludes halogenated alkanes) is 1. The van der Waals surface area contributed by atoms with Crippen LogP contribution < -0.4 is 0 Å². The molecule has 0 aliphatic heterocycles. The molecule has 1 aliphatic rings. The van der Waals surface area contributed by atoms with E-state index in [1.54, 1.807) is 0 Å². The average Bonchev–Trinajstić information content (AvgIpc) is 2.85. The van der Waals surface area contributed by atoms with Gasteiger partial charge in [-0.05, 0) is 49.5 Å². The van der Waals surface area contributed by atoms with Gasteiger partial charge >= 0.3 is 5.97 Å². The molecule has 1 aromatic carbocycles. The lowest BCUT2D eigenvalue weighted by atomic mass is 9.84. The molecule has 0 saturated heterocycles. The van der Waals surface area contributed by atoms with Gasteiger partial charge in [0, 0.05) is 6.42 Å². The summed E-state index contributed by atoms with van der Waals surface area (Å²) in [5.41, 5.74) is 0.819. The van der Waals surface area contributed by atoms with E-state index in [4.69, 9.17) is 5.11 Å². The molecule has 0 heterocycles. The summed E-state index contributed by atoms with van der Waals surface area (Å²) in [5.74, 6) is -1.05. The Morgan fingerprint density at radius 1 is 1.12 bits per heavy atom. The number of aliphatic hydroxyl groups is 3. The van der Waals surface area contributed by atoms with Gasteiger partial charge in [-0.25, -0.2) is 0 Å². The van der Waals surface area contributed by atoms with E-state index in [2.05, 4.69) is 0 Å². The largest absolute Gasteiger partial charge is 0.481 e. The van der Waals surface area contributed by atoms with Crippen LogP contribution in [-0.4, -0.2) is 38.6 Å². The van der Waals surface area contributed by atoms with Crippen molar-refractivity contribution in [3.8, 4) is 0 Å². The average molecular weight is 348 g/mol. The quantitative estimate of drug-likeness (QED) is 0.406. The number of aliphatic carboxylic acids is 1. The van der Waals surface area contributed by atoms with Crippen molar-refractivity contribution in [2.24, 2.45) is 11.8 Å². The molecule has 0 radical (unpaired) electrons. The molecule has 1 fully saturated rings. The molecular weight excluding hydrogens is 320 g/mol. The van der Waals surface area contributed by atoms with Gasteiger partial charge < -0.3 is 20.4 Å². The first kappa shape index (κ1) is 19.6. The van der Waals surface area contributed by atoms with Gasteiger partial charge in [0.05, 0.1) is 18.3 Å². The van der Waals surface area contributed by atoms with Crippen LogP contribution in [0.1, 0.15) is 50.2 Å². The molecule has 0 spiro atoms. The predicted octanol–water partition coefficient (Wildman–Crippen LogP) is 2.67. The summed E-state index contributed by atoms with van der Waals surface area (Å²) in [6.07, 6.45) is 4.86. The monoisotopic (exact) mass is 348 g/mol. The van der Waals surface area contributed by atoms with Gasteiger partial charge in [-0.2, -0.15) is 0 Å². The standard InChI is InChI=1S/C20H28O5/c21-17(14-8-4-3-5-9-14)12-16-15(18(22)13-19(16)23)10-6-1-2-7-11-20(24)25/h1,3-6,8-9,15-19,21-23H,2,7,10-13H2,(H,24,25)/b6-1-/t15?,16-,17?,18+,19-/m1/s1. The lowest BCUT2D eigenvalue weighted by molar-refractivity contribution is -0.137. The van der Waals surface area contributed by atoms with Crippen molar-refractivity contribution < 1.29 is 25.2 Å². The fraction of sp³-hybridized carbons (Fsp3) is 0.550. The highest BCUT2D eigenvalue weighted by Gasteiger charge is 2.41. The summed E-state index contributed by atoms with van der Waals surface area (Å²) < 4.78 is 0. The number of allylic oxidation sites excluding steroid dienone is 2. The Balaban J connectivity index is 1.89. The highest BCUT2D eigenvalue weighted by Crippen LogP contribution is 2.40. The Morgan fingerprint density at radius 2 is 1.80 bits per heavy atom. The molecule has 1 aliphatic carbocycles. The number of rotatable bonds is 9. The van der Waals surface area contributed by atoms with E-state index in [1.807, 2.05) is 42.5 Å². The Morgan fingerprint density at radius 3 is 2.48 bits per heavy atom. The van der Waals surface area contributed by atoms with Gasteiger partial charge in [-0.1, -0.05) is 42.5 Å². The maximum atomic E-state index is 10.5. The summed E-state index contributed by atoms with van der Waals surface area (Å²) in [6.45, 7) is 0. The van der Waals surface area contributed by atoms with E-state index in [1.165, 1.54) is 0 Å². The minimum Gasteiger partial charge on any atom is -0.481 e. The van der Waals surface area contributed by atoms with E-state index in [9.17, 15) is 20.1 Å². The van der Waals surface area contributed by atoms with Crippen LogP contribution in [0.3, 0.4) is 0 Å². The Labute approximate surface area is 148 Å². The lowest BCUT2D eigenvalue weighted by Crippen LogP contribution is -2.24. The van der Waals surface area contributed by atoms with Crippen LogP contribution in [0, 0.1) is 11.8 Å². The van der Waals surface area contributed by atoms with Crippen LogP contribution in [0.5, 0.6) is 0 Å². The van der Waals surface area contributed by atoms with E-state index in [0.717, 1.165) is 5.56 Å². The minimum atomic E-state index is -0.794. The normalized spacial score (nSPS) is 27.6. The first-order valence-corrected chi connectivity index (χ1v) is 8.95. The molecular formula is C20H28O5. The third kappa shape index (κ3) is 5.96. The van der Waals surface area contributed by atoms with Crippen molar-refractivity contribution >= 4 is 5.97 Å². The Bertz CT molecular complexity index is 556. The number of carboxylic acids is 1. The molecule has 138 valence electrons. The molecule has 25 heavy (non-hydrogen) atoms. The van der Waals surface area contributed by atoms with Gasteiger partial charge in [-0.15, -0.1) is 0 Å². The van der Waals surface area contributed by atoms with Crippen molar-refractivity contribution in [1.82, 2.24) is 0 Å². The zero-order valence-electron chi connectivity index (χ0n) is 14.4. The van der Waals surface area contributed by atoms with Crippen LogP contribution in [-0.2, 0) is 4.79 Å². The fourth-order valence-electron chi connectivity index (χ4n) is 3.64. The van der Waals surface area contributed by atoms with Crippen molar-refractivity contribution in [3.63, 3.8) is 0 Å². The SMILES string of the molecule is O=C(O)CCC/C=C\CC1[C@@H](CC(O)c2ccccc2)[C@H](O)C[C@@H]1O. The third-order valence-electron chi connectivity index (χ3n) is 5.04. The van der Waals surface area contributed by atoms with E-state index >= 15 is 0 Å². The second kappa shape index (κ2) is 9.70. The number of benzene rings is 1. The number of carbonyl (C=O) groups is 1. The van der Waals surface area contributed by atoms with E-state index in [0.29, 0.717) is 32.1 Å². The molecule has 5 atom stereocenters. The van der Waals surface area contributed by atoms with Crippen LogP contribution in [0.25, 0.3) is 0 Å². The molecule has 0 aromatic heterocycles. The summed E-state index contributed by atoms with van der Waals surface area (Å²) in [5, 5.41) is 39.5. The van der Waals surface area contributed by atoms with E-state index < -0.39 is 24.3 Å². The number of hydrogen-bond acceptors (Lipinski definition) is 4. The van der Waals surface area contributed by atoms with Crippen LogP contribution in [0.4, 0.5) is 0 Å². The van der Waals surface area contributed by atoms with Gasteiger partial charge in [0.1, 0.15) is 0 Å².